The fourth-order valence-electron chi connectivity index (χ4n) is 3.86. The summed E-state index contributed by atoms with van der Waals surface area (Å²) in [6, 6.07) is 0. The van der Waals surface area contributed by atoms with Gasteiger partial charge in [-0.25, -0.2) is 14.4 Å². The lowest BCUT2D eigenvalue weighted by molar-refractivity contribution is -0.133. The maximum absolute atomic E-state index is 12.9. The number of nitrogens with zero attached hydrogens (tertiary/aromatic N) is 1. The number of hydrogen-bond acceptors (Lipinski definition) is 7. The summed E-state index contributed by atoms with van der Waals surface area (Å²) in [6.45, 7) is 5.99. The molecular weight excluding hydrogens is 436 g/mol. The molecule has 174 valence electrons. The largest absolute Gasteiger partial charge is 0.478 e. The number of carboxylic acid groups (broad SMARTS) is 1. The molecule has 0 radical (unpaired) electrons. The average Bonchev–Trinajstić information content (AvgIpc) is 3.08. The first-order chi connectivity index (χ1) is 15.0. The molecule has 32 heavy (non-hydrogen) atoms. The molecule has 2 aliphatic rings. The molecule has 0 fully saturated rings. The van der Waals surface area contributed by atoms with Gasteiger partial charge in [-0.1, -0.05) is 0 Å². The Balaban J connectivity index is 1.90. The summed E-state index contributed by atoms with van der Waals surface area (Å²) in [5, 5.41) is 12.5. The third kappa shape index (κ3) is 5.12. The number of thiophene rings is 1. The van der Waals surface area contributed by atoms with E-state index in [1.54, 1.807) is 25.7 Å². The Bertz CT molecular complexity index is 987. The molecule has 1 aliphatic carbocycles. The highest BCUT2D eigenvalue weighted by atomic mass is 32.1. The smallest absolute Gasteiger partial charge is 0.410 e. The number of amides is 2. The summed E-state index contributed by atoms with van der Waals surface area (Å²) in [5.74, 6) is -2.20. The molecule has 1 aromatic rings. The first-order valence-corrected chi connectivity index (χ1v) is 11.3. The van der Waals surface area contributed by atoms with E-state index in [1.807, 2.05) is 0 Å². The number of carbonyl (C=O) groups is 4. The molecule has 2 N–H and O–H groups in total. The normalized spacial score (nSPS) is 16.3. The Hall–Kier alpha value is -2.88. The van der Waals surface area contributed by atoms with Gasteiger partial charge in [0, 0.05) is 22.6 Å². The second-order valence-corrected chi connectivity index (χ2v) is 9.88. The molecule has 1 aromatic heterocycles. The van der Waals surface area contributed by atoms with E-state index in [0.29, 0.717) is 30.8 Å². The minimum atomic E-state index is -1.10. The van der Waals surface area contributed by atoms with Crippen LogP contribution in [0, 0.1) is 0 Å². The van der Waals surface area contributed by atoms with Crippen molar-refractivity contribution in [3.05, 3.63) is 27.2 Å². The van der Waals surface area contributed by atoms with Gasteiger partial charge < -0.3 is 24.8 Å². The van der Waals surface area contributed by atoms with E-state index in [-0.39, 0.29) is 23.3 Å². The third-order valence-corrected chi connectivity index (χ3v) is 6.46. The number of anilines is 1. The van der Waals surface area contributed by atoms with Crippen LogP contribution in [0.5, 0.6) is 0 Å². The molecule has 9 nitrogen and oxygen atoms in total. The predicted octanol–water partition coefficient (Wildman–Crippen LogP) is 3.72. The molecule has 0 saturated carbocycles. The Morgan fingerprint density at radius 2 is 1.72 bits per heavy atom. The summed E-state index contributed by atoms with van der Waals surface area (Å²) in [7, 11) is 1.26. The Morgan fingerprint density at radius 1 is 1.06 bits per heavy atom. The van der Waals surface area contributed by atoms with Gasteiger partial charge in [-0.2, -0.15) is 0 Å². The van der Waals surface area contributed by atoms with Gasteiger partial charge >= 0.3 is 18.0 Å². The van der Waals surface area contributed by atoms with Gasteiger partial charge in [-0.15, -0.1) is 11.3 Å². The fourth-order valence-corrected chi connectivity index (χ4v) is 5.11. The third-order valence-electron chi connectivity index (χ3n) is 5.33. The van der Waals surface area contributed by atoms with Crippen LogP contribution in [0.1, 0.15) is 67.3 Å². The van der Waals surface area contributed by atoms with Crippen molar-refractivity contribution in [3.63, 3.8) is 0 Å². The van der Waals surface area contributed by atoms with Crippen molar-refractivity contribution in [3.8, 4) is 0 Å². The van der Waals surface area contributed by atoms with E-state index in [4.69, 9.17) is 9.47 Å². The van der Waals surface area contributed by atoms with E-state index in [2.05, 4.69) is 5.32 Å². The van der Waals surface area contributed by atoms with E-state index < -0.39 is 29.5 Å². The standard InChI is InChI=1S/C22H28N2O7S/c1-22(2,3)31-21(29)24-10-9-14-15(11-24)32-18(16(14)20(28)30-4)23-17(25)12-7-5-6-8-13(12)19(26)27/h5-11H2,1-4H3,(H,23,25)(H,26,27). The number of aliphatic carboxylic acids is 1. The van der Waals surface area contributed by atoms with Crippen molar-refractivity contribution >= 4 is 40.3 Å². The van der Waals surface area contributed by atoms with Crippen LogP contribution in [-0.2, 0) is 32.0 Å². The van der Waals surface area contributed by atoms with Gasteiger partial charge in [0.05, 0.1) is 19.2 Å². The molecule has 3 rings (SSSR count). The summed E-state index contributed by atoms with van der Waals surface area (Å²) in [6.07, 6.45) is 2.13. The number of nitrogens with one attached hydrogen (secondary N) is 1. The van der Waals surface area contributed by atoms with E-state index in [9.17, 15) is 24.3 Å². The molecule has 0 bridgehead atoms. The van der Waals surface area contributed by atoms with Gasteiger partial charge in [0.1, 0.15) is 10.6 Å². The second-order valence-electron chi connectivity index (χ2n) is 8.77. The average molecular weight is 465 g/mol. The van der Waals surface area contributed by atoms with E-state index >= 15 is 0 Å². The Labute approximate surface area is 190 Å². The van der Waals surface area contributed by atoms with Crippen LogP contribution in [0.4, 0.5) is 9.80 Å². The maximum atomic E-state index is 12.9. The molecule has 2 heterocycles. The quantitative estimate of drug-likeness (QED) is 0.651. The molecule has 1 aliphatic heterocycles. The zero-order chi connectivity index (χ0) is 23.6. The number of carboxylic acids is 1. The van der Waals surface area contributed by atoms with Gasteiger partial charge in [-0.3, -0.25) is 4.79 Å². The summed E-state index contributed by atoms with van der Waals surface area (Å²) >= 11 is 1.19. The van der Waals surface area contributed by atoms with Crippen LogP contribution in [0.25, 0.3) is 0 Å². The van der Waals surface area contributed by atoms with Gasteiger partial charge in [-0.05, 0) is 58.4 Å². The summed E-state index contributed by atoms with van der Waals surface area (Å²) in [5.41, 5.74) is 0.719. The number of methoxy groups -OCH3 is 1. The first kappa shape index (κ1) is 23.8. The highest BCUT2D eigenvalue weighted by Crippen LogP contribution is 2.38. The number of esters is 1. The van der Waals surface area contributed by atoms with Crippen molar-refractivity contribution in [2.24, 2.45) is 0 Å². The molecule has 0 atom stereocenters. The van der Waals surface area contributed by atoms with Crippen molar-refractivity contribution in [1.29, 1.82) is 0 Å². The zero-order valence-corrected chi connectivity index (χ0v) is 19.5. The predicted molar refractivity (Wildman–Crippen MR) is 118 cm³/mol. The molecule has 10 heteroatoms. The Kier molecular flexibility index (Phi) is 6.92. The minimum Gasteiger partial charge on any atom is -0.478 e. The van der Waals surface area contributed by atoms with Crippen LogP contribution in [0.15, 0.2) is 11.1 Å². The Morgan fingerprint density at radius 3 is 2.31 bits per heavy atom. The van der Waals surface area contributed by atoms with Crippen LogP contribution >= 0.6 is 11.3 Å². The molecule has 0 unspecified atom stereocenters. The lowest BCUT2D eigenvalue weighted by atomic mass is 9.91. The SMILES string of the molecule is COC(=O)c1c(NC(=O)C2=C(C(=O)O)CCCC2)sc2c1CCN(C(=O)OC(C)(C)C)C2. The topological polar surface area (TPSA) is 122 Å². The zero-order valence-electron chi connectivity index (χ0n) is 18.7. The number of ether oxygens (including phenoxy) is 2. The minimum absolute atomic E-state index is 0.116. The van der Waals surface area contributed by atoms with Crippen LogP contribution < -0.4 is 5.32 Å². The van der Waals surface area contributed by atoms with Crippen LogP contribution in [-0.4, -0.2) is 53.2 Å². The van der Waals surface area contributed by atoms with Gasteiger partial charge in [0.2, 0.25) is 0 Å². The lowest BCUT2D eigenvalue weighted by Crippen LogP contribution is -2.39. The van der Waals surface area contributed by atoms with Crippen molar-refractivity contribution in [2.45, 2.75) is 65.0 Å². The molecule has 0 aromatic carbocycles. The molecular formula is C22H28N2O7S. The number of hydrogen-bond donors (Lipinski definition) is 2. The number of fused-ring (bicyclic) bond motifs is 1. The van der Waals surface area contributed by atoms with Gasteiger partial charge in [0.15, 0.2) is 0 Å². The monoisotopic (exact) mass is 464 g/mol. The maximum Gasteiger partial charge on any atom is 0.410 e. The highest BCUT2D eigenvalue weighted by molar-refractivity contribution is 7.17. The van der Waals surface area contributed by atoms with Crippen molar-refractivity contribution in [2.75, 3.05) is 19.0 Å². The van der Waals surface area contributed by atoms with Crippen molar-refractivity contribution < 1.29 is 33.8 Å². The fraction of sp³-hybridized carbons (Fsp3) is 0.545. The molecule has 0 spiro atoms. The number of rotatable bonds is 4. The molecule has 0 saturated heterocycles. The summed E-state index contributed by atoms with van der Waals surface area (Å²) < 4.78 is 10.4. The van der Waals surface area contributed by atoms with E-state index in [1.165, 1.54) is 18.4 Å². The summed E-state index contributed by atoms with van der Waals surface area (Å²) in [4.78, 5) is 51.8. The van der Waals surface area contributed by atoms with Crippen molar-refractivity contribution in [1.82, 2.24) is 4.90 Å². The van der Waals surface area contributed by atoms with Crippen LogP contribution in [0.2, 0.25) is 0 Å². The van der Waals surface area contributed by atoms with Crippen LogP contribution in [0.3, 0.4) is 0 Å². The highest BCUT2D eigenvalue weighted by Gasteiger charge is 2.33. The van der Waals surface area contributed by atoms with Gasteiger partial charge in [0.25, 0.3) is 5.91 Å². The first-order valence-electron chi connectivity index (χ1n) is 10.5. The van der Waals surface area contributed by atoms with E-state index in [0.717, 1.165) is 23.3 Å². The second kappa shape index (κ2) is 9.32. The number of carbonyl (C=O) groups excluding carboxylic acids is 3. The lowest BCUT2D eigenvalue weighted by Gasteiger charge is -2.30. The molecule has 2 amide bonds.